The number of hydrogen-bond donors (Lipinski definition) is 2. The molecule has 8 heteroatoms. The first kappa shape index (κ1) is 27.6. The van der Waals surface area contributed by atoms with Gasteiger partial charge in [-0.25, -0.2) is 8.42 Å². The summed E-state index contributed by atoms with van der Waals surface area (Å²) in [5, 5.41) is 5.70. The molecule has 2 N–H and O–H groups in total. The van der Waals surface area contributed by atoms with E-state index in [4.69, 9.17) is 0 Å². The highest BCUT2D eigenvalue weighted by molar-refractivity contribution is 7.92. The number of rotatable bonds is 9. The van der Waals surface area contributed by atoms with Crippen LogP contribution in [0, 0.1) is 13.8 Å². The van der Waals surface area contributed by atoms with Crippen molar-refractivity contribution in [3.63, 3.8) is 0 Å². The predicted molar refractivity (Wildman–Crippen MR) is 154 cm³/mol. The van der Waals surface area contributed by atoms with Crippen molar-refractivity contribution in [2.75, 3.05) is 16.2 Å². The molecule has 39 heavy (non-hydrogen) atoms. The lowest BCUT2D eigenvalue weighted by Gasteiger charge is -2.26. The van der Waals surface area contributed by atoms with E-state index in [1.54, 1.807) is 67.6 Å². The van der Waals surface area contributed by atoms with Crippen molar-refractivity contribution in [3.8, 4) is 0 Å². The molecule has 0 saturated carbocycles. The van der Waals surface area contributed by atoms with E-state index in [0.29, 0.717) is 11.3 Å². The zero-order valence-electron chi connectivity index (χ0n) is 22.1. The van der Waals surface area contributed by atoms with E-state index < -0.39 is 22.5 Å². The largest absolute Gasteiger partial charge is 0.345 e. The lowest BCUT2D eigenvalue weighted by molar-refractivity contribution is -0.114. The van der Waals surface area contributed by atoms with E-state index in [1.165, 1.54) is 12.1 Å². The van der Waals surface area contributed by atoms with Crippen LogP contribution in [-0.4, -0.2) is 26.8 Å². The maximum Gasteiger partial charge on any atom is 0.264 e. The van der Waals surface area contributed by atoms with Gasteiger partial charge in [0.25, 0.3) is 15.9 Å². The van der Waals surface area contributed by atoms with Crippen molar-refractivity contribution in [2.45, 2.75) is 31.7 Å². The minimum absolute atomic E-state index is 0.0823. The minimum Gasteiger partial charge on any atom is -0.345 e. The lowest BCUT2D eigenvalue weighted by atomic mass is 10.1. The highest BCUT2D eigenvalue weighted by Gasteiger charge is 2.28. The number of carbonyl (C=O) groups excluding carboxylic acids is 2. The van der Waals surface area contributed by atoms with Crippen LogP contribution in [0.15, 0.2) is 108 Å². The minimum atomic E-state index is -4.06. The molecule has 0 saturated heterocycles. The molecule has 0 spiro atoms. The smallest absolute Gasteiger partial charge is 0.264 e. The number of nitrogens with one attached hydrogen (secondary N) is 2. The zero-order chi connectivity index (χ0) is 28.0. The van der Waals surface area contributed by atoms with Gasteiger partial charge in [0.05, 0.1) is 27.9 Å². The average Bonchev–Trinajstić information content (AvgIpc) is 2.93. The predicted octanol–water partition coefficient (Wildman–Crippen LogP) is 5.63. The fourth-order valence-corrected chi connectivity index (χ4v) is 5.68. The zero-order valence-corrected chi connectivity index (χ0v) is 22.9. The second-order valence-corrected chi connectivity index (χ2v) is 11.2. The van der Waals surface area contributed by atoms with Crippen LogP contribution >= 0.6 is 0 Å². The van der Waals surface area contributed by atoms with Gasteiger partial charge in [-0.2, -0.15) is 0 Å². The molecule has 7 nitrogen and oxygen atoms in total. The van der Waals surface area contributed by atoms with E-state index in [9.17, 15) is 18.0 Å². The molecule has 2 amide bonds. The Labute approximate surface area is 229 Å². The Morgan fingerprint density at radius 2 is 1.41 bits per heavy atom. The summed E-state index contributed by atoms with van der Waals surface area (Å²) in [6.07, 6.45) is 0. The summed E-state index contributed by atoms with van der Waals surface area (Å²) >= 11 is 0. The van der Waals surface area contributed by atoms with E-state index in [0.717, 1.165) is 15.4 Å². The molecule has 0 aromatic heterocycles. The number of anilines is 2. The quantitative estimate of drug-likeness (QED) is 0.287. The van der Waals surface area contributed by atoms with Crippen molar-refractivity contribution in [3.05, 3.63) is 125 Å². The number of aryl methyl sites for hydroxylation is 2. The number of para-hydroxylation sites is 2. The van der Waals surface area contributed by atoms with Gasteiger partial charge < -0.3 is 10.6 Å². The molecule has 4 aromatic rings. The third-order valence-corrected chi connectivity index (χ3v) is 8.15. The Bertz CT molecular complexity index is 1570. The van der Waals surface area contributed by atoms with Crippen LogP contribution in [0.4, 0.5) is 11.4 Å². The molecule has 1 atom stereocenters. The van der Waals surface area contributed by atoms with Gasteiger partial charge in [-0.15, -0.1) is 0 Å². The van der Waals surface area contributed by atoms with E-state index in [1.807, 2.05) is 44.2 Å². The van der Waals surface area contributed by atoms with E-state index in [-0.39, 0.29) is 28.1 Å². The molecule has 0 fully saturated rings. The summed E-state index contributed by atoms with van der Waals surface area (Å²) in [5.41, 5.74) is 3.54. The molecule has 0 radical (unpaired) electrons. The lowest BCUT2D eigenvalue weighted by Crippen LogP contribution is -2.39. The Hall–Kier alpha value is -4.43. The highest BCUT2D eigenvalue weighted by atomic mass is 32.2. The van der Waals surface area contributed by atoms with Crippen molar-refractivity contribution >= 4 is 33.2 Å². The number of amides is 2. The van der Waals surface area contributed by atoms with Crippen molar-refractivity contribution in [1.29, 1.82) is 0 Å². The fraction of sp³-hybridized carbons (Fsp3) is 0.161. The molecule has 200 valence electrons. The number of nitrogens with zero attached hydrogens (tertiary/aromatic N) is 1. The molecule has 4 aromatic carbocycles. The van der Waals surface area contributed by atoms with E-state index >= 15 is 0 Å². The van der Waals surface area contributed by atoms with Gasteiger partial charge in [-0.3, -0.25) is 13.9 Å². The summed E-state index contributed by atoms with van der Waals surface area (Å²) in [4.78, 5) is 26.5. The van der Waals surface area contributed by atoms with Crippen LogP contribution < -0.4 is 14.9 Å². The molecule has 0 aliphatic heterocycles. The van der Waals surface area contributed by atoms with Crippen LogP contribution in [0.2, 0.25) is 0 Å². The molecular weight excluding hydrogens is 510 g/mol. The van der Waals surface area contributed by atoms with E-state index in [2.05, 4.69) is 10.6 Å². The van der Waals surface area contributed by atoms with Crippen molar-refractivity contribution in [1.82, 2.24) is 5.32 Å². The summed E-state index contributed by atoms with van der Waals surface area (Å²) in [5.74, 6) is -0.935. The van der Waals surface area contributed by atoms with Gasteiger partial charge in [0.2, 0.25) is 5.91 Å². The van der Waals surface area contributed by atoms with Crippen LogP contribution in [0.5, 0.6) is 0 Å². The van der Waals surface area contributed by atoms with Crippen molar-refractivity contribution in [2.24, 2.45) is 0 Å². The Morgan fingerprint density at radius 3 is 2.10 bits per heavy atom. The monoisotopic (exact) mass is 541 g/mol. The van der Waals surface area contributed by atoms with Gasteiger partial charge in [0, 0.05) is 0 Å². The summed E-state index contributed by atoms with van der Waals surface area (Å²) in [6.45, 7) is 5.07. The Balaban J connectivity index is 1.59. The number of hydrogen-bond acceptors (Lipinski definition) is 4. The van der Waals surface area contributed by atoms with Crippen LogP contribution in [0.25, 0.3) is 0 Å². The molecule has 0 aliphatic rings. The second kappa shape index (κ2) is 12.0. The first-order chi connectivity index (χ1) is 18.7. The second-order valence-electron chi connectivity index (χ2n) is 9.31. The molecular formula is C31H31N3O4S. The maximum atomic E-state index is 13.7. The SMILES string of the molecule is Cc1ccc(S(=O)(=O)N(CC(=O)Nc2ccccc2C(=O)N[C@H](C)c2ccccc2)c2ccccc2C)cc1. The Morgan fingerprint density at radius 1 is 0.795 bits per heavy atom. The first-order valence-corrected chi connectivity index (χ1v) is 14.0. The summed E-state index contributed by atoms with van der Waals surface area (Å²) in [6, 6.07) is 29.4. The van der Waals surface area contributed by atoms with Crippen LogP contribution in [0.3, 0.4) is 0 Å². The third-order valence-electron chi connectivity index (χ3n) is 6.37. The average molecular weight is 542 g/mol. The van der Waals surface area contributed by atoms with Gasteiger partial charge in [0.1, 0.15) is 6.54 Å². The number of sulfonamides is 1. The number of benzene rings is 4. The highest BCUT2D eigenvalue weighted by Crippen LogP contribution is 2.27. The maximum absolute atomic E-state index is 13.7. The molecule has 0 bridgehead atoms. The molecule has 0 unspecified atom stereocenters. The van der Waals surface area contributed by atoms with Crippen LogP contribution in [-0.2, 0) is 14.8 Å². The Kier molecular flexibility index (Phi) is 8.46. The fourth-order valence-electron chi connectivity index (χ4n) is 4.19. The molecule has 4 rings (SSSR count). The number of carbonyl (C=O) groups is 2. The summed E-state index contributed by atoms with van der Waals surface area (Å²) < 4.78 is 28.5. The standard InChI is InChI=1S/C31H31N3O4S/c1-22-17-19-26(20-18-22)39(37,38)34(29-16-10-7-11-23(29)2)21-30(35)33-28-15-9-8-14-27(28)31(36)32-24(3)25-12-5-4-6-13-25/h4-20,24H,21H2,1-3H3,(H,32,36)(H,33,35)/t24-/m1/s1. The molecule has 0 aliphatic carbocycles. The first-order valence-electron chi connectivity index (χ1n) is 12.6. The normalized spacial score (nSPS) is 11.9. The summed E-state index contributed by atoms with van der Waals surface area (Å²) in [7, 11) is -4.06. The van der Waals surface area contributed by atoms with Gasteiger partial charge in [-0.1, -0.05) is 78.4 Å². The third kappa shape index (κ3) is 6.53. The van der Waals surface area contributed by atoms with Crippen molar-refractivity contribution < 1.29 is 18.0 Å². The van der Waals surface area contributed by atoms with Gasteiger partial charge in [-0.05, 0) is 62.2 Å². The van der Waals surface area contributed by atoms with Gasteiger partial charge in [0.15, 0.2) is 0 Å². The van der Waals surface area contributed by atoms with Gasteiger partial charge >= 0.3 is 0 Å². The van der Waals surface area contributed by atoms with Crippen LogP contribution in [0.1, 0.15) is 40.0 Å². The topological polar surface area (TPSA) is 95.6 Å². The molecule has 0 heterocycles.